The Hall–Kier alpha value is -1.71. The maximum absolute atomic E-state index is 11.8. The summed E-state index contributed by atoms with van der Waals surface area (Å²) < 4.78 is 33.4. The lowest BCUT2D eigenvalue weighted by Gasteiger charge is -2.23. The number of methoxy groups -OCH3 is 1. The number of ether oxygens (including phenoxy) is 1. The van der Waals surface area contributed by atoms with Crippen LogP contribution in [0.4, 0.5) is 0 Å². The Morgan fingerprint density at radius 2 is 2.12 bits per heavy atom. The van der Waals surface area contributed by atoms with Gasteiger partial charge >= 0.3 is 0 Å². The first-order valence-corrected chi connectivity index (χ1v) is 10.9. The number of quaternary nitrogens is 1. The highest BCUT2D eigenvalue weighted by molar-refractivity contribution is 7.91. The first-order valence-electron chi connectivity index (χ1n) is 8.68. The van der Waals surface area contributed by atoms with E-state index in [4.69, 9.17) is 22.1 Å². The third-order valence-electron chi connectivity index (χ3n) is 5.01. The van der Waals surface area contributed by atoms with Gasteiger partial charge in [-0.2, -0.15) is 4.68 Å². The van der Waals surface area contributed by atoms with Gasteiger partial charge in [-0.25, -0.2) is 8.42 Å². The third kappa shape index (κ3) is 3.70. The molecule has 1 unspecified atom stereocenters. The summed E-state index contributed by atoms with van der Waals surface area (Å²) >= 11 is 5.57. The summed E-state index contributed by atoms with van der Waals surface area (Å²) in [5.74, 6) is 2.00. The van der Waals surface area contributed by atoms with Crippen molar-refractivity contribution in [3.8, 4) is 17.1 Å². The highest BCUT2D eigenvalue weighted by Crippen LogP contribution is 2.27. The van der Waals surface area contributed by atoms with Crippen molar-refractivity contribution in [2.45, 2.75) is 26.1 Å². The fourth-order valence-corrected chi connectivity index (χ4v) is 5.51. The zero-order chi connectivity index (χ0) is 18.9. The fraction of sp³-hybridized carbons (Fsp3) is 0.529. The van der Waals surface area contributed by atoms with E-state index in [1.807, 2.05) is 35.9 Å². The number of nitrogens with zero attached hydrogens (tertiary/aromatic N) is 3. The molecule has 1 aromatic carbocycles. The molecule has 0 bridgehead atoms. The molecule has 7 nitrogen and oxygen atoms in total. The number of aromatic nitrogens is 3. The predicted molar refractivity (Wildman–Crippen MR) is 103 cm³/mol. The smallest absolute Gasteiger partial charge is 0.202 e. The van der Waals surface area contributed by atoms with Gasteiger partial charge in [0.2, 0.25) is 4.77 Å². The molecule has 26 heavy (non-hydrogen) atoms. The van der Waals surface area contributed by atoms with Crippen molar-refractivity contribution < 1.29 is 18.1 Å². The normalized spacial score (nSPS) is 20.2. The summed E-state index contributed by atoms with van der Waals surface area (Å²) in [7, 11) is 0.615. The molecule has 9 heteroatoms. The number of rotatable bonds is 6. The maximum Gasteiger partial charge on any atom is 0.202 e. The van der Waals surface area contributed by atoms with E-state index in [0.29, 0.717) is 17.9 Å². The van der Waals surface area contributed by atoms with Crippen LogP contribution in [0.15, 0.2) is 24.3 Å². The molecule has 1 saturated heterocycles. The van der Waals surface area contributed by atoms with E-state index in [-0.39, 0.29) is 17.5 Å². The van der Waals surface area contributed by atoms with Crippen LogP contribution in [0.2, 0.25) is 0 Å². The number of hydrogen-bond donors (Lipinski definition) is 1. The lowest BCUT2D eigenvalue weighted by molar-refractivity contribution is -0.943. The van der Waals surface area contributed by atoms with Crippen LogP contribution in [0.5, 0.6) is 5.75 Å². The molecule has 1 aromatic heterocycles. The number of hydrogen-bond acceptors (Lipinski definition) is 5. The Bertz CT molecular complexity index is 949. The van der Waals surface area contributed by atoms with Crippen LogP contribution in [0, 0.1) is 4.77 Å². The number of sulfone groups is 1. The largest absolute Gasteiger partial charge is 0.496 e. The second-order valence-electron chi connectivity index (χ2n) is 6.63. The van der Waals surface area contributed by atoms with Gasteiger partial charge in [-0.1, -0.05) is 12.1 Å². The van der Waals surface area contributed by atoms with Crippen molar-refractivity contribution in [3.63, 3.8) is 0 Å². The quantitative estimate of drug-likeness (QED) is 0.726. The van der Waals surface area contributed by atoms with E-state index < -0.39 is 9.84 Å². The minimum Gasteiger partial charge on any atom is -0.496 e. The zero-order valence-corrected chi connectivity index (χ0v) is 16.9. The second kappa shape index (κ2) is 7.50. The average Bonchev–Trinajstić information content (AvgIpc) is 3.13. The topological polar surface area (TPSA) is 70.6 Å². The third-order valence-corrected chi connectivity index (χ3v) is 7.26. The lowest BCUT2D eigenvalue weighted by atomic mass is 10.2. The second-order valence-corrected chi connectivity index (χ2v) is 9.23. The first-order chi connectivity index (χ1) is 12.4. The number of benzene rings is 1. The molecule has 1 aliphatic rings. The summed E-state index contributed by atoms with van der Waals surface area (Å²) in [6.07, 6.45) is 0.699. The van der Waals surface area contributed by atoms with Crippen molar-refractivity contribution in [1.29, 1.82) is 0 Å². The van der Waals surface area contributed by atoms with E-state index >= 15 is 0 Å². The highest BCUT2D eigenvalue weighted by Gasteiger charge is 2.35. The molecule has 0 amide bonds. The lowest BCUT2D eigenvalue weighted by Crippen LogP contribution is -3.15. The SMILES string of the molecule is CC[NH+](Cn1nc(-c2ccccc2OC)n(C)c1=S)[C@H]1CCS(=O)(=O)C1. The van der Waals surface area contributed by atoms with Gasteiger partial charge in [-0.05, 0) is 31.3 Å². The Kier molecular flexibility index (Phi) is 5.50. The summed E-state index contributed by atoms with van der Waals surface area (Å²) in [6.45, 7) is 3.44. The standard InChI is InChI=1S/C17H24N4O3S2/c1-4-20(13-9-10-26(22,23)11-13)12-21-17(25)19(2)16(18-21)14-7-5-6-8-15(14)24-3/h5-8,13H,4,9-12H2,1-3H3/p+1/t13-/m0/s1. The molecular formula is C17H25N4O3S2+. The van der Waals surface area contributed by atoms with Gasteiger partial charge in [-0.3, -0.25) is 0 Å². The molecule has 142 valence electrons. The number of para-hydroxylation sites is 1. The van der Waals surface area contributed by atoms with E-state index in [1.165, 1.54) is 4.90 Å². The highest BCUT2D eigenvalue weighted by atomic mass is 32.2. The van der Waals surface area contributed by atoms with Gasteiger partial charge in [-0.15, -0.1) is 5.10 Å². The first kappa shape index (κ1) is 19.1. The van der Waals surface area contributed by atoms with Gasteiger partial charge < -0.3 is 14.2 Å². The van der Waals surface area contributed by atoms with Crippen molar-refractivity contribution in [2.75, 3.05) is 25.2 Å². The van der Waals surface area contributed by atoms with Crippen LogP contribution < -0.4 is 9.64 Å². The van der Waals surface area contributed by atoms with Crippen LogP contribution in [0.3, 0.4) is 0 Å². The summed E-state index contributed by atoms with van der Waals surface area (Å²) in [6, 6.07) is 7.80. The van der Waals surface area contributed by atoms with E-state index in [9.17, 15) is 8.42 Å². The van der Waals surface area contributed by atoms with Crippen LogP contribution in [0.25, 0.3) is 11.4 Å². The summed E-state index contributed by atoms with van der Waals surface area (Å²) in [4.78, 5) is 1.19. The van der Waals surface area contributed by atoms with Crippen LogP contribution in [-0.2, 0) is 23.6 Å². The molecule has 0 aliphatic carbocycles. The molecule has 0 spiro atoms. The monoisotopic (exact) mass is 397 g/mol. The molecule has 1 fully saturated rings. The molecule has 0 saturated carbocycles. The molecule has 1 N–H and O–H groups in total. The fourth-order valence-electron chi connectivity index (χ4n) is 3.49. The van der Waals surface area contributed by atoms with Gasteiger partial charge in [0.1, 0.15) is 17.5 Å². The average molecular weight is 398 g/mol. The molecular weight excluding hydrogens is 372 g/mol. The van der Waals surface area contributed by atoms with Gasteiger partial charge in [0.25, 0.3) is 0 Å². The van der Waals surface area contributed by atoms with Gasteiger partial charge in [0, 0.05) is 13.5 Å². The summed E-state index contributed by atoms with van der Waals surface area (Å²) in [5.41, 5.74) is 0.879. The Balaban J connectivity index is 1.91. The molecule has 0 radical (unpaired) electrons. The Morgan fingerprint density at radius 1 is 1.38 bits per heavy atom. The van der Waals surface area contributed by atoms with E-state index in [0.717, 1.165) is 23.7 Å². The minimum absolute atomic E-state index is 0.101. The molecule has 1 aliphatic heterocycles. The summed E-state index contributed by atoms with van der Waals surface area (Å²) in [5, 5.41) is 4.71. The van der Waals surface area contributed by atoms with Gasteiger partial charge in [0.15, 0.2) is 22.3 Å². The van der Waals surface area contributed by atoms with Crippen LogP contribution in [0.1, 0.15) is 13.3 Å². The Morgan fingerprint density at radius 3 is 2.73 bits per heavy atom. The van der Waals surface area contributed by atoms with Crippen LogP contribution >= 0.6 is 12.2 Å². The van der Waals surface area contributed by atoms with Crippen molar-refractivity contribution in [2.24, 2.45) is 7.05 Å². The zero-order valence-electron chi connectivity index (χ0n) is 15.3. The number of nitrogens with one attached hydrogen (secondary N) is 1. The molecule has 2 heterocycles. The van der Waals surface area contributed by atoms with Crippen LogP contribution in [-0.4, -0.2) is 54.0 Å². The maximum atomic E-state index is 11.8. The van der Waals surface area contributed by atoms with Gasteiger partial charge in [0.05, 0.1) is 25.0 Å². The minimum atomic E-state index is -2.91. The van der Waals surface area contributed by atoms with E-state index in [1.54, 1.807) is 11.8 Å². The predicted octanol–water partition coefficient (Wildman–Crippen LogP) is 0.676. The van der Waals surface area contributed by atoms with E-state index in [2.05, 4.69) is 6.92 Å². The molecule has 2 aromatic rings. The Labute approximate surface area is 159 Å². The molecule has 2 atom stereocenters. The van der Waals surface area contributed by atoms with Crippen molar-refractivity contribution >= 4 is 22.1 Å². The van der Waals surface area contributed by atoms with Crippen molar-refractivity contribution in [3.05, 3.63) is 29.0 Å². The molecule has 3 rings (SSSR count). The van der Waals surface area contributed by atoms with Crippen molar-refractivity contribution in [1.82, 2.24) is 14.3 Å².